The first kappa shape index (κ1) is 14.4. The van der Waals surface area contributed by atoms with Crippen molar-refractivity contribution in [3.8, 4) is 0 Å². The lowest BCUT2D eigenvalue weighted by Crippen LogP contribution is -2.60. The van der Waals surface area contributed by atoms with Crippen LogP contribution in [0.2, 0.25) is 32.2 Å². The molecule has 1 rings (SSSR count). The summed E-state index contributed by atoms with van der Waals surface area (Å²) in [5.41, 5.74) is 0. The molecule has 1 heterocycles. The van der Waals surface area contributed by atoms with Gasteiger partial charge in [-0.2, -0.15) is 13.2 Å². The number of alkyl halides is 3. The predicted octanol–water partition coefficient (Wildman–Crippen LogP) is 2.63. The molecule has 0 N–H and O–H groups in total. The molecule has 0 spiro atoms. The number of hydrogen-bond donors (Lipinski definition) is 0. The van der Waals surface area contributed by atoms with Crippen LogP contribution >= 0.6 is 0 Å². The molecule has 9 heteroatoms. The van der Waals surface area contributed by atoms with Crippen LogP contribution in [-0.2, 0) is 12.3 Å². The Morgan fingerprint density at radius 3 is 2.12 bits per heavy atom. The van der Waals surface area contributed by atoms with Crippen molar-refractivity contribution in [1.82, 2.24) is 0 Å². The van der Waals surface area contributed by atoms with Gasteiger partial charge in [0.2, 0.25) is 0 Å². The molecule has 0 radical (unpaired) electrons. The van der Waals surface area contributed by atoms with E-state index in [9.17, 15) is 13.2 Å². The Morgan fingerprint density at radius 2 is 1.69 bits per heavy atom. The van der Waals surface area contributed by atoms with Crippen LogP contribution in [0.1, 0.15) is 6.42 Å². The van der Waals surface area contributed by atoms with Gasteiger partial charge in [-0.25, -0.2) is 0 Å². The lowest BCUT2D eigenvalue weighted by atomic mass is 10.5. The standard InChI is InChI=1S/C7H17F3O3Si3/c1-14-11-15(2,3)13-16(4,12-14)6-5-7(8,9)10/h14H,5-6H2,1-4H3. The highest BCUT2D eigenvalue weighted by atomic mass is 28.5. The van der Waals surface area contributed by atoms with Gasteiger partial charge in [0.1, 0.15) is 0 Å². The van der Waals surface area contributed by atoms with Gasteiger partial charge in [-0.1, -0.05) is 0 Å². The maximum atomic E-state index is 12.2. The largest absolute Gasteiger partial charge is 0.418 e. The van der Waals surface area contributed by atoms with Crippen molar-refractivity contribution in [2.75, 3.05) is 0 Å². The molecule has 0 aliphatic carbocycles. The van der Waals surface area contributed by atoms with Crippen molar-refractivity contribution in [3.63, 3.8) is 0 Å². The monoisotopic (exact) mass is 290 g/mol. The van der Waals surface area contributed by atoms with Crippen LogP contribution in [0.15, 0.2) is 0 Å². The third kappa shape index (κ3) is 4.67. The molecule has 3 nitrogen and oxygen atoms in total. The zero-order valence-electron chi connectivity index (χ0n) is 9.85. The smallest absolute Gasteiger partial charge is 0.389 e. The van der Waals surface area contributed by atoms with E-state index in [1.807, 2.05) is 19.6 Å². The topological polar surface area (TPSA) is 27.7 Å². The minimum absolute atomic E-state index is 0.0341. The predicted molar refractivity (Wildman–Crippen MR) is 60.8 cm³/mol. The highest BCUT2D eigenvalue weighted by Crippen LogP contribution is 2.32. The van der Waals surface area contributed by atoms with Crippen LogP contribution in [0, 0.1) is 0 Å². The molecule has 0 amide bonds. The third-order valence-corrected chi connectivity index (χ3v) is 14.0. The second-order valence-corrected chi connectivity index (χ2v) is 14.0. The molecular formula is C7H17F3O3Si3. The van der Waals surface area contributed by atoms with Gasteiger partial charge in [-0.05, 0) is 32.2 Å². The Kier molecular flexibility index (Phi) is 4.08. The summed E-state index contributed by atoms with van der Waals surface area (Å²) in [6.45, 7) is 7.27. The summed E-state index contributed by atoms with van der Waals surface area (Å²) in [4.78, 5) is 0. The van der Waals surface area contributed by atoms with E-state index >= 15 is 0 Å². The van der Waals surface area contributed by atoms with Crippen LogP contribution in [0.4, 0.5) is 13.2 Å². The molecule has 0 bridgehead atoms. The van der Waals surface area contributed by atoms with E-state index in [-0.39, 0.29) is 6.04 Å². The number of halogens is 3. The first-order chi connectivity index (χ1) is 7.02. The Balaban J connectivity index is 2.62. The zero-order chi connectivity index (χ0) is 12.6. The molecule has 0 aromatic heterocycles. The molecular weight excluding hydrogens is 273 g/mol. The van der Waals surface area contributed by atoms with Gasteiger partial charge >= 0.3 is 32.6 Å². The average Bonchev–Trinajstić information content (AvgIpc) is 1.94. The summed E-state index contributed by atoms with van der Waals surface area (Å²) in [6, 6.07) is -0.0341. The van der Waals surface area contributed by atoms with Crippen molar-refractivity contribution in [2.45, 2.75) is 44.8 Å². The van der Waals surface area contributed by atoms with E-state index in [1.54, 1.807) is 6.55 Å². The van der Waals surface area contributed by atoms with E-state index in [4.69, 9.17) is 12.3 Å². The fraction of sp³-hybridized carbons (Fsp3) is 1.00. The summed E-state index contributed by atoms with van der Waals surface area (Å²) in [6.07, 6.45) is -4.97. The fourth-order valence-electron chi connectivity index (χ4n) is 1.82. The summed E-state index contributed by atoms with van der Waals surface area (Å²) >= 11 is 0. The molecule has 96 valence electrons. The molecule has 2 unspecified atom stereocenters. The van der Waals surface area contributed by atoms with Gasteiger partial charge in [0.25, 0.3) is 0 Å². The first-order valence-corrected chi connectivity index (χ1v) is 12.6. The van der Waals surface area contributed by atoms with E-state index in [0.717, 1.165) is 0 Å². The van der Waals surface area contributed by atoms with Crippen molar-refractivity contribution < 1.29 is 25.5 Å². The quantitative estimate of drug-likeness (QED) is 0.732. The van der Waals surface area contributed by atoms with Crippen molar-refractivity contribution >= 4 is 26.4 Å². The maximum Gasteiger partial charge on any atom is 0.389 e. The summed E-state index contributed by atoms with van der Waals surface area (Å²) in [5, 5.41) is 0. The summed E-state index contributed by atoms with van der Waals surface area (Å²) in [7, 11) is -6.72. The molecule has 0 aromatic rings. The second kappa shape index (κ2) is 4.54. The van der Waals surface area contributed by atoms with Crippen molar-refractivity contribution in [2.24, 2.45) is 0 Å². The minimum Gasteiger partial charge on any atom is -0.418 e. The SMILES string of the molecule is C[SiH]1O[Si](C)(C)O[Si](C)(CCC(F)(F)F)O1. The Labute approximate surface area is 97.2 Å². The number of hydrogen-bond acceptors (Lipinski definition) is 3. The Hall–Kier alpha value is 0.321. The van der Waals surface area contributed by atoms with Gasteiger partial charge in [0, 0.05) is 6.42 Å². The Morgan fingerprint density at radius 1 is 1.12 bits per heavy atom. The van der Waals surface area contributed by atoms with E-state index in [2.05, 4.69) is 0 Å². The van der Waals surface area contributed by atoms with Crippen molar-refractivity contribution in [1.29, 1.82) is 0 Å². The molecule has 1 fully saturated rings. The lowest BCUT2D eigenvalue weighted by Gasteiger charge is -2.43. The van der Waals surface area contributed by atoms with Gasteiger partial charge in [0.05, 0.1) is 0 Å². The molecule has 0 aromatic carbocycles. The molecule has 0 saturated carbocycles. The second-order valence-electron chi connectivity index (χ2n) is 4.55. The average molecular weight is 290 g/mol. The molecule has 1 saturated heterocycles. The van der Waals surface area contributed by atoms with Gasteiger partial charge in [-0.15, -0.1) is 0 Å². The fourth-order valence-corrected chi connectivity index (χ4v) is 15.5. The summed E-state index contributed by atoms with van der Waals surface area (Å²) in [5.74, 6) is 0. The first-order valence-electron chi connectivity index (χ1n) is 5.14. The van der Waals surface area contributed by atoms with Crippen LogP contribution in [0.3, 0.4) is 0 Å². The molecule has 1 aliphatic heterocycles. The van der Waals surface area contributed by atoms with Crippen LogP contribution in [0.25, 0.3) is 0 Å². The summed E-state index contributed by atoms with van der Waals surface area (Å²) < 4.78 is 53.4. The van der Waals surface area contributed by atoms with Crippen LogP contribution in [-0.4, -0.2) is 32.6 Å². The lowest BCUT2D eigenvalue weighted by molar-refractivity contribution is -0.131. The molecule has 2 atom stereocenters. The van der Waals surface area contributed by atoms with Crippen LogP contribution < -0.4 is 0 Å². The van der Waals surface area contributed by atoms with Gasteiger partial charge in [0.15, 0.2) is 0 Å². The third-order valence-electron chi connectivity index (χ3n) is 2.19. The highest BCUT2D eigenvalue weighted by Gasteiger charge is 2.48. The normalized spacial score (nSPS) is 35.1. The minimum atomic E-state index is -4.14. The van der Waals surface area contributed by atoms with Gasteiger partial charge < -0.3 is 12.3 Å². The van der Waals surface area contributed by atoms with E-state index < -0.39 is 39.0 Å². The molecule has 1 aliphatic rings. The molecule has 16 heavy (non-hydrogen) atoms. The van der Waals surface area contributed by atoms with Crippen molar-refractivity contribution in [3.05, 3.63) is 0 Å². The zero-order valence-corrected chi connectivity index (χ0v) is 13.0. The van der Waals surface area contributed by atoms with E-state index in [1.165, 1.54) is 0 Å². The van der Waals surface area contributed by atoms with Crippen LogP contribution in [0.5, 0.6) is 0 Å². The highest BCUT2D eigenvalue weighted by molar-refractivity contribution is 6.88. The maximum absolute atomic E-state index is 12.2. The Bertz CT molecular complexity index is 261. The van der Waals surface area contributed by atoms with E-state index in [0.29, 0.717) is 0 Å². The van der Waals surface area contributed by atoms with Gasteiger partial charge in [-0.3, -0.25) is 0 Å². The number of rotatable bonds is 2.